The molecule has 0 saturated carbocycles. The molecular formula is C10H16N2OS. The Kier molecular flexibility index (Phi) is 3.15. The smallest absolute Gasteiger partial charge is 0.122 e. The van der Waals surface area contributed by atoms with E-state index < -0.39 is 0 Å². The van der Waals surface area contributed by atoms with Crippen molar-refractivity contribution in [3.63, 3.8) is 0 Å². The highest BCUT2D eigenvalue weighted by Crippen LogP contribution is 2.34. The van der Waals surface area contributed by atoms with Gasteiger partial charge in [0.15, 0.2) is 0 Å². The van der Waals surface area contributed by atoms with Crippen LogP contribution in [-0.2, 0) is 4.74 Å². The van der Waals surface area contributed by atoms with Crippen LogP contribution in [0.15, 0.2) is 5.38 Å². The van der Waals surface area contributed by atoms with Crippen LogP contribution >= 0.6 is 11.3 Å². The lowest BCUT2D eigenvalue weighted by Crippen LogP contribution is -2.28. The zero-order valence-corrected chi connectivity index (χ0v) is 9.22. The van der Waals surface area contributed by atoms with Crippen LogP contribution in [-0.4, -0.2) is 18.1 Å². The summed E-state index contributed by atoms with van der Waals surface area (Å²) in [4.78, 5) is 4.47. The zero-order valence-electron chi connectivity index (χ0n) is 8.40. The van der Waals surface area contributed by atoms with Crippen LogP contribution in [0.3, 0.4) is 0 Å². The number of nitrogens with zero attached hydrogens (tertiary/aromatic N) is 1. The van der Waals surface area contributed by atoms with Crippen LogP contribution in [0, 0.1) is 12.8 Å². The van der Waals surface area contributed by atoms with E-state index in [1.807, 2.05) is 6.92 Å². The molecule has 0 radical (unpaired) electrons. The van der Waals surface area contributed by atoms with Crippen LogP contribution in [0.25, 0.3) is 0 Å². The van der Waals surface area contributed by atoms with Gasteiger partial charge in [-0.25, -0.2) is 4.98 Å². The van der Waals surface area contributed by atoms with Crippen molar-refractivity contribution in [1.82, 2.24) is 4.98 Å². The molecule has 3 nitrogen and oxygen atoms in total. The van der Waals surface area contributed by atoms with Crippen molar-refractivity contribution in [2.24, 2.45) is 11.7 Å². The van der Waals surface area contributed by atoms with Gasteiger partial charge in [0.1, 0.15) is 11.1 Å². The fraction of sp³-hybridized carbons (Fsp3) is 0.700. The summed E-state index contributed by atoms with van der Waals surface area (Å²) >= 11 is 1.68. The van der Waals surface area contributed by atoms with Crippen LogP contribution in [0.1, 0.15) is 29.6 Å². The molecule has 1 saturated heterocycles. The molecule has 2 N–H and O–H groups in total. The van der Waals surface area contributed by atoms with Gasteiger partial charge in [0.25, 0.3) is 0 Å². The third-order valence-corrected chi connectivity index (χ3v) is 3.65. The molecule has 2 unspecified atom stereocenters. The second-order valence-electron chi connectivity index (χ2n) is 3.76. The highest BCUT2D eigenvalue weighted by molar-refractivity contribution is 7.09. The predicted molar refractivity (Wildman–Crippen MR) is 57.3 cm³/mol. The predicted octanol–water partition coefficient (Wildman–Crippen LogP) is 1.88. The number of hydrogen-bond donors (Lipinski definition) is 1. The zero-order chi connectivity index (χ0) is 9.97. The van der Waals surface area contributed by atoms with E-state index in [9.17, 15) is 0 Å². The maximum Gasteiger partial charge on any atom is 0.122 e. The molecule has 1 aliphatic heterocycles. The normalized spacial score (nSPS) is 27.9. The van der Waals surface area contributed by atoms with Crippen LogP contribution in [0.5, 0.6) is 0 Å². The lowest BCUT2D eigenvalue weighted by molar-refractivity contribution is -0.0253. The summed E-state index contributed by atoms with van der Waals surface area (Å²) in [5.41, 5.74) is 6.81. The van der Waals surface area contributed by atoms with Gasteiger partial charge in [-0.15, -0.1) is 11.3 Å². The van der Waals surface area contributed by atoms with Gasteiger partial charge in [-0.3, -0.25) is 0 Å². The van der Waals surface area contributed by atoms with Gasteiger partial charge >= 0.3 is 0 Å². The first-order valence-corrected chi connectivity index (χ1v) is 5.93. The van der Waals surface area contributed by atoms with Gasteiger partial charge in [-0.2, -0.15) is 0 Å². The van der Waals surface area contributed by atoms with Crippen LogP contribution in [0.2, 0.25) is 0 Å². The van der Waals surface area contributed by atoms with E-state index in [1.54, 1.807) is 11.3 Å². The first-order valence-electron chi connectivity index (χ1n) is 5.05. The van der Waals surface area contributed by atoms with Crippen molar-refractivity contribution >= 4 is 11.3 Å². The molecule has 2 rings (SSSR count). The highest BCUT2D eigenvalue weighted by Gasteiger charge is 2.28. The van der Waals surface area contributed by atoms with E-state index in [1.165, 1.54) is 6.42 Å². The fourth-order valence-corrected chi connectivity index (χ4v) is 2.80. The lowest BCUT2D eigenvalue weighted by atomic mass is 9.95. The average Bonchev–Trinajstić information content (AvgIpc) is 2.65. The molecule has 2 atom stereocenters. The minimum Gasteiger partial charge on any atom is -0.371 e. The van der Waals surface area contributed by atoms with E-state index in [2.05, 4.69) is 10.4 Å². The molecule has 0 spiro atoms. The van der Waals surface area contributed by atoms with E-state index in [-0.39, 0.29) is 6.10 Å². The topological polar surface area (TPSA) is 48.1 Å². The Morgan fingerprint density at radius 3 is 3.21 bits per heavy atom. The monoisotopic (exact) mass is 212 g/mol. The van der Waals surface area contributed by atoms with Gasteiger partial charge in [0.05, 0.1) is 0 Å². The summed E-state index contributed by atoms with van der Waals surface area (Å²) in [7, 11) is 0. The van der Waals surface area contributed by atoms with Crippen molar-refractivity contribution in [3.8, 4) is 0 Å². The number of nitrogens with two attached hydrogens (primary N) is 1. The number of hydrogen-bond acceptors (Lipinski definition) is 4. The van der Waals surface area contributed by atoms with Gasteiger partial charge in [-0.05, 0) is 26.3 Å². The number of aryl methyl sites for hydroxylation is 1. The summed E-state index contributed by atoms with van der Waals surface area (Å²) in [6.07, 6.45) is 2.44. The molecule has 1 fully saturated rings. The average molecular weight is 212 g/mol. The van der Waals surface area contributed by atoms with Crippen molar-refractivity contribution in [2.75, 3.05) is 13.2 Å². The van der Waals surface area contributed by atoms with Crippen molar-refractivity contribution in [1.29, 1.82) is 0 Å². The molecule has 0 aromatic carbocycles. The summed E-state index contributed by atoms with van der Waals surface area (Å²) < 4.78 is 5.75. The second-order valence-corrected chi connectivity index (χ2v) is 4.65. The van der Waals surface area contributed by atoms with Crippen molar-refractivity contribution in [3.05, 3.63) is 16.1 Å². The minimum atomic E-state index is 0.146. The fourth-order valence-electron chi connectivity index (χ4n) is 1.86. The number of thiazole rings is 1. The van der Waals surface area contributed by atoms with E-state index in [0.29, 0.717) is 12.5 Å². The standard InChI is InChI=1S/C10H16N2OS/c1-7-6-14-10(12-7)9-8(5-11)3-2-4-13-9/h6,8-9H,2-5,11H2,1H3. The molecule has 1 aromatic heterocycles. The van der Waals surface area contributed by atoms with Gasteiger partial charge in [0.2, 0.25) is 0 Å². The summed E-state index contributed by atoms with van der Waals surface area (Å²) in [6, 6.07) is 0. The molecule has 2 heterocycles. The maximum absolute atomic E-state index is 5.75. The SMILES string of the molecule is Cc1csc(C2OCCCC2CN)n1. The molecular weight excluding hydrogens is 196 g/mol. The Labute approximate surface area is 88.3 Å². The Bertz CT molecular complexity index is 300. The van der Waals surface area contributed by atoms with Crippen molar-refractivity contribution in [2.45, 2.75) is 25.9 Å². The summed E-state index contributed by atoms with van der Waals surface area (Å²) in [5.74, 6) is 0.453. The van der Waals surface area contributed by atoms with E-state index in [0.717, 1.165) is 23.7 Å². The third-order valence-electron chi connectivity index (χ3n) is 2.63. The molecule has 0 amide bonds. The molecule has 1 aromatic rings. The van der Waals surface area contributed by atoms with E-state index in [4.69, 9.17) is 10.5 Å². The molecule has 4 heteroatoms. The highest BCUT2D eigenvalue weighted by atomic mass is 32.1. The van der Waals surface area contributed by atoms with Crippen LogP contribution in [0.4, 0.5) is 0 Å². The lowest BCUT2D eigenvalue weighted by Gasteiger charge is -2.29. The second kappa shape index (κ2) is 4.38. The quantitative estimate of drug-likeness (QED) is 0.814. The molecule has 14 heavy (non-hydrogen) atoms. The van der Waals surface area contributed by atoms with Gasteiger partial charge in [-0.1, -0.05) is 0 Å². The Morgan fingerprint density at radius 1 is 1.71 bits per heavy atom. The van der Waals surface area contributed by atoms with Crippen molar-refractivity contribution < 1.29 is 4.74 Å². The van der Waals surface area contributed by atoms with Gasteiger partial charge in [0, 0.05) is 23.6 Å². The Hall–Kier alpha value is -0.450. The first kappa shape index (κ1) is 10.1. The summed E-state index contributed by atoms with van der Waals surface area (Å²) in [5, 5.41) is 3.17. The Balaban J connectivity index is 2.14. The molecule has 1 aliphatic rings. The first-order chi connectivity index (χ1) is 6.81. The number of rotatable bonds is 2. The van der Waals surface area contributed by atoms with E-state index >= 15 is 0 Å². The molecule has 0 aliphatic carbocycles. The minimum absolute atomic E-state index is 0.146. The van der Waals surface area contributed by atoms with Crippen LogP contribution < -0.4 is 5.73 Å². The number of aromatic nitrogens is 1. The summed E-state index contributed by atoms with van der Waals surface area (Å²) in [6.45, 7) is 3.56. The third kappa shape index (κ3) is 1.97. The maximum atomic E-state index is 5.75. The largest absolute Gasteiger partial charge is 0.371 e. The van der Waals surface area contributed by atoms with Gasteiger partial charge < -0.3 is 10.5 Å². The number of ether oxygens (including phenoxy) is 1. The molecule has 0 bridgehead atoms. The Morgan fingerprint density at radius 2 is 2.57 bits per heavy atom. The molecule has 78 valence electrons.